The van der Waals surface area contributed by atoms with Crippen LogP contribution in [0.5, 0.6) is 11.5 Å². The van der Waals surface area contributed by atoms with Crippen LogP contribution in [0.3, 0.4) is 0 Å². The van der Waals surface area contributed by atoms with Gasteiger partial charge in [0.25, 0.3) is 0 Å². The molecule has 0 atom stereocenters. The molecule has 0 aliphatic rings. The zero-order valence-electron chi connectivity index (χ0n) is 21.8. The van der Waals surface area contributed by atoms with E-state index in [0.717, 1.165) is 22.3 Å². The molecular formula is C31H30N2O5. The summed E-state index contributed by atoms with van der Waals surface area (Å²) in [4.78, 5) is 25.3. The Morgan fingerprint density at radius 2 is 1.21 bits per heavy atom. The van der Waals surface area contributed by atoms with Gasteiger partial charge in [0, 0.05) is 11.4 Å². The monoisotopic (exact) mass is 510 g/mol. The van der Waals surface area contributed by atoms with Crippen LogP contribution < -0.4 is 20.1 Å². The zero-order chi connectivity index (χ0) is 27.1. The lowest BCUT2D eigenvalue weighted by Gasteiger charge is -2.22. The minimum atomic E-state index is -0.578. The molecule has 0 aliphatic heterocycles. The smallest absolute Gasteiger partial charge is 0.341 e. The predicted octanol–water partition coefficient (Wildman–Crippen LogP) is 6.91. The number of carbonyl (C=O) groups excluding carboxylic acids is 2. The molecule has 7 heteroatoms. The molecule has 0 aromatic heterocycles. The standard InChI is InChI=1S/C31H30N2O5/c1-20-5-9-22(10-6-20)29(23-11-7-21(2)8-12-23)38-28-18-15-25(19-27(28)30(34)37-4)33-31(35)32-24-13-16-26(36-3)17-14-24/h5-19,29H,1-4H3,(H2,32,33,35). The number of methoxy groups -OCH3 is 2. The van der Waals surface area contributed by atoms with Gasteiger partial charge in [-0.05, 0) is 67.4 Å². The van der Waals surface area contributed by atoms with Crippen LogP contribution in [0.1, 0.15) is 38.7 Å². The molecule has 0 saturated carbocycles. The summed E-state index contributed by atoms with van der Waals surface area (Å²) in [5.74, 6) is 0.443. The summed E-state index contributed by atoms with van der Waals surface area (Å²) in [6.45, 7) is 4.05. The molecule has 4 rings (SSSR count). The van der Waals surface area contributed by atoms with Crippen LogP contribution in [0, 0.1) is 13.8 Å². The van der Waals surface area contributed by atoms with Gasteiger partial charge in [0.15, 0.2) is 0 Å². The highest BCUT2D eigenvalue weighted by atomic mass is 16.5. The number of aryl methyl sites for hydroxylation is 2. The number of hydrogen-bond donors (Lipinski definition) is 2. The third-order valence-corrected chi connectivity index (χ3v) is 6.00. The topological polar surface area (TPSA) is 85.9 Å². The Labute approximate surface area is 222 Å². The van der Waals surface area contributed by atoms with Crippen LogP contribution >= 0.6 is 0 Å². The largest absolute Gasteiger partial charge is 0.497 e. The van der Waals surface area contributed by atoms with E-state index in [1.165, 1.54) is 13.2 Å². The van der Waals surface area contributed by atoms with Crippen molar-refractivity contribution in [2.24, 2.45) is 0 Å². The maximum absolute atomic E-state index is 12.7. The predicted molar refractivity (Wildman–Crippen MR) is 148 cm³/mol. The molecule has 0 spiro atoms. The highest BCUT2D eigenvalue weighted by Gasteiger charge is 2.21. The van der Waals surface area contributed by atoms with Gasteiger partial charge in [0.1, 0.15) is 23.2 Å². The summed E-state index contributed by atoms with van der Waals surface area (Å²) in [7, 11) is 2.88. The number of urea groups is 1. The van der Waals surface area contributed by atoms with Crippen molar-refractivity contribution in [1.29, 1.82) is 0 Å². The minimum Gasteiger partial charge on any atom is -0.497 e. The normalized spacial score (nSPS) is 10.6. The Bertz CT molecular complexity index is 1350. The molecule has 7 nitrogen and oxygen atoms in total. The van der Waals surface area contributed by atoms with Crippen molar-refractivity contribution in [3.8, 4) is 11.5 Å². The van der Waals surface area contributed by atoms with E-state index < -0.39 is 18.1 Å². The summed E-state index contributed by atoms with van der Waals surface area (Å²) in [5.41, 5.74) is 5.35. The van der Waals surface area contributed by atoms with E-state index in [4.69, 9.17) is 14.2 Å². The van der Waals surface area contributed by atoms with Crippen molar-refractivity contribution in [1.82, 2.24) is 0 Å². The average molecular weight is 511 g/mol. The van der Waals surface area contributed by atoms with Crippen LogP contribution in [-0.4, -0.2) is 26.2 Å². The molecule has 38 heavy (non-hydrogen) atoms. The lowest BCUT2D eigenvalue weighted by atomic mass is 9.99. The second-order valence-corrected chi connectivity index (χ2v) is 8.83. The molecule has 0 aliphatic carbocycles. The first kappa shape index (κ1) is 26.3. The fourth-order valence-corrected chi connectivity index (χ4v) is 3.89. The van der Waals surface area contributed by atoms with Crippen LogP contribution in [0.25, 0.3) is 0 Å². The molecule has 4 aromatic rings. The second kappa shape index (κ2) is 12.0. The van der Waals surface area contributed by atoms with E-state index in [2.05, 4.69) is 10.6 Å². The molecule has 0 unspecified atom stereocenters. The summed E-state index contributed by atoms with van der Waals surface area (Å²) >= 11 is 0. The van der Waals surface area contributed by atoms with Gasteiger partial charge in [0.05, 0.1) is 14.2 Å². The number of amides is 2. The quantitative estimate of drug-likeness (QED) is 0.252. The Balaban J connectivity index is 1.60. The SMILES string of the molecule is COC(=O)c1cc(NC(=O)Nc2ccc(OC)cc2)ccc1OC(c1ccc(C)cc1)c1ccc(C)cc1. The Morgan fingerprint density at radius 1 is 0.684 bits per heavy atom. The van der Waals surface area contributed by atoms with Crippen molar-refractivity contribution in [3.05, 3.63) is 119 Å². The van der Waals surface area contributed by atoms with Gasteiger partial charge in [-0.1, -0.05) is 59.7 Å². The fraction of sp³-hybridized carbons (Fsp3) is 0.161. The van der Waals surface area contributed by atoms with E-state index in [0.29, 0.717) is 22.9 Å². The van der Waals surface area contributed by atoms with E-state index in [-0.39, 0.29) is 5.56 Å². The number of ether oxygens (including phenoxy) is 3. The van der Waals surface area contributed by atoms with Gasteiger partial charge in [0.2, 0.25) is 0 Å². The Morgan fingerprint density at radius 3 is 1.74 bits per heavy atom. The molecule has 0 saturated heterocycles. The summed E-state index contributed by atoms with van der Waals surface area (Å²) in [6.07, 6.45) is -0.461. The summed E-state index contributed by atoms with van der Waals surface area (Å²) in [5, 5.41) is 5.50. The second-order valence-electron chi connectivity index (χ2n) is 8.83. The lowest BCUT2D eigenvalue weighted by molar-refractivity contribution is 0.0594. The number of rotatable bonds is 8. The van der Waals surface area contributed by atoms with Gasteiger partial charge in [-0.2, -0.15) is 0 Å². The van der Waals surface area contributed by atoms with Crippen molar-refractivity contribution < 1.29 is 23.8 Å². The number of hydrogen-bond acceptors (Lipinski definition) is 5. The third-order valence-electron chi connectivity index (χ3n) is 6.00. The molecule has 0 radical (unpaired) electrons. The summed E-state index contributed by atoms with van der Waals surface area (Å²) < 4.78 is 16.6. The first-order valence-electron chi connectivity index (χ1n) is 12.1. The first-order chi connectivity index (χ1) is 18.4. The van der Waals surface area contributed by atoms with E-state index >= 15 is 0 Å². The molecule has 0 bridgehead atoms. The van der Waals surface area contributed by atoms with Crippen molar-refractivity contribution >= 4 is 23.4 Å². The van der Waals surface area contributed by atoms with Gasteiger partial charge in [-0.25, -0.2) is 9.59 Å². The van der Waals surface area contributed by atoms with E-state index in [1.807, 2.05) is 62.4 Å². The number of carbonyl (C=O) groups is 2. The van der Waals surface area contributed by atoms with Crippen molar-refractivity contribution in [2.75, 3.05) is 24.9 Å². The Hall–Kier alpha value is -4.78. The first-order valence-corrected chi connectivity index (χ1v) is 12.1. The van der Waals surface area contributed by atoms with E-state index in [1.54, 1.807) is 43.5 Å². The Kier molecular flexibility index (Phi) is 8.28. The molecular weight excluding hydrogens is 480 g/mol. The van der Waals surface area contributed by atoms with Gasteiger partial charge < -0.3 is 24.8 Å². The third kappa shape index (κ3) is 6.50. The maximum Gasteiger partial charge on any atom is 0.341 e. The van der Waals surface area contributed by atoms with Crippen molar-refractivity contribution in [3.63, 3.8) is 0 Å². The van der Waals surface area contributed by atoms with Crippen molar-refractivity contribution in [2.45, 2.75) is 20.0 Å². The van der Waals surface area contributed by atoms with Gasteiger partial charge in [-0.15, -0.1) is 0 Å². The van der Waals surface area contributed by atoms with Crippen LogP contribution in [-0.2, 0) is 4.74 Å². The number of benzene rings is 4. The molecule has 0 fully saturated rings. The number of anilines is 2. The average Bonchev–Trinajstić information content (AvgIpc) is 2.93. The number of esters is 1. The van der Waals surface area contributed by atoms with Gasteiger partial charge in [-0.3, -0.25) is 0 Å². The fourth-order valence-electron chi connectivity index (χ4n) is 3.89. The molecule has 2 amide bonds. The van der Waals surface area contributed by atoms with Crippen LogP contribution in [0.2, 0.25) is 0 Å². The molecule has 0 heterocycles. The van der Waals surface area contributed by atoms with E-state index in [9.17, 15) is 9.59 Å². The molecule has 194 valence electrons. The van der Waals surface area contributed by atoms with Crippen LogP contribution in [0.4, 0.5) is 16.2 Å². The zero-order valence-corrected chi connectivity index (χ0v) is 21.8. The van der Waals surface area contributed by atoms with Gasteiger partial charge >= 0.3 is 12.0 Å². The number of nitrogens with one attached hydrogen (secondary N) is 2. The maximum atomic E-state index is 12.7. The highest BCUT2D eigenvalue weighted by Crippen LogP contribution is 2.33. The minimum absolute atomic E-state index is 0.193. The molecule has 2 N–H and O–H groups in total. The van der Waals surface area contributed by atoms with Crippen LogP contribution in [0.15, 0.2) is 91.0 Å². The highest BCUT2D eigenvalue weighted by molar-refractivity contribution is 6.01. The molecule has 4 aromatic carbocycles. The lowest BCUT2D eigenvalue weighted by Crippen LogP contribution is -2.20. The summed E-state index contributed by atoms with van der Waals surface area (Å²) in [6, 6.07) is 27.5.